The van der Waals surface area contributed by atoms with E-state index in [1.807, 2.05) is 0 Å². The summed E-state index contributed by atoms with van der Waals surface area (Å²) in [7, 11) is 1.25. The van der Waals surface area contributed by atoms with E-state index in [0.29, 0.717) is 11.5 Å². The molecule has 26 heavy (non-hydrogen) atoms. The van der Waals surface area contributed by atoms with Gasteiger partial charge in [-0.1, -0.05) is 12.1 Å². The van der Waals surface area contributed by atoms with Crippen LogP contribution < -0.4 is 14.9 Å². The minimum absolute atomic E-state index is 0.00812. The molecule has 0 aromatic heterocycles. The van der Waals surface area contributed by atoms with Gasteiger partial charge in [0.2, 0.25) is 0 Å². The number of hydrogen-bond acceptors (Lipinski definition) is 7. The van der Waals surface area contributed by atoms with Crippen LogP contribution in [-0.2, 0) is 4.74 Å². The van der Waals surface area contributed by atoms with Gasteiger partial charge in [0.05, 0.1) is 18.2 Å². The van der Waals surface area contributed by atoms with Gasteiger partial charge in [-0.15, -0.1) is 0 Å². The van der Waals surface area contributed by atoms with E-state index in [1.54, 1.807) is 24.3 Å². The zero-order chi connectivity index (χ0) is 18.8. The molecular weight excluding hydrogens is 342 g/mol. The van der Waals surface area contributed by atoms with Crippen LogP contribution in [0.1, 0.15) is 5.56 Å². The van der Waals surface area contributed by atoms with Crippen LogP contribution in [0.15, 0.2) is 53.6 Å². The van der Waals surface area contributed by atoms with E-state index in [-0.39, 0.29) is 18.9 Å². The number of nitrogens with zero attached hydrogens (tertiary/aromatic N) is 2. The first-order chi connectivity index (χ1) is 12.6. The Morgan fingerprint density at radius 3 is 2.50 bits per heavy atom. The molecule has 0 bridgehead atoms. The number of nitro groups is 1. The van der Waals surface area contributed by atoms with Gasteiger partial charge in [-0.05, 0) is 29.8 Å². The monoisotopic (exact) mass is 359 g/mol. The van der Waals surface area contributed by atoms with E-state index < -0.39 is 11.0 Å². The van der Waals surface area contributed by atoms with E-state index in [2.05, 4.69) is 15.3 Å². The largest absolute Gasteiger partial charge is 0.490 e. The van der Waals surface area contributed by atoms with Crippen molar-refractivity contribution >= 4 is 18.0 Å². The summed E-state index contributed by atoms with van der Waals surface area (Å²) in [6.45, 7) is 0.567. The van der Waals surface area contributed by atoms with Crippen molar-refractivity contribution < 1.29 is 23.9 Å². The predicted octanol–water partition coefficient (Wildman–Crippen LogP) is 2.74. The number of methoxy groups -OCH3 is 1. The maximum atomic E-state index is 10.9. The van der Waals surface area contributed by atoms with Crippen LogP contribution in [0.5, 0.6) is 11.5 Å². The average Bonchev–Trinajstić information content (AvgIpc) is 2.66. The van der Waals surface area contributed by atoms with Gasteiger partial charge in [-0.3, -0.25) is 10.1 Å². The topological polar surface area (TPSA) is 112 Å². The highest BCUT2D eigenvalue weighted by Gasteiger charge is 2.04. The number of ether oxygens (including phenoxy) is 3. The first-order valence-electron chi connectivity index (χ1n) is 7.55. The van der Waals surface area contributed by atoms with Gasteiger partial charge in [-0.25, -0.2) is 10.2 Å². The van der Waals surface area contributed by atoms with Crippen molar-refractivity contribution in [1.29, 1.82) is 0 Å². The third-order valence-electron chi connectivity index (χ3n) is 3.08. The van der Waals surface area contributed by atoms with Crippen LogP contribution in [0.4, 0.5) is 10.5 Å². The Balaban J connectivity index is 1.78. The molecule has 2 rings (SSSR count). The Bertz CT molecular complexity index is 776. The first-order valence-corrected chi connectivity index (χ1v) is 7.55. The van der Waals surface area contributed by atoms with Crippen molar-refractivity contribution in [3.05, 3.63) is 64.2 Å². The van der Waals surface area contributed by atoms with Gasteiger partial charge >= 0.3 is 6.09 Å². The summed E-state index contributed by atoms with van der Waals surface area (Å²) in [6.07, 6.45) is 0.800. The molecule has 0 saturated heterocycles. The van der Waals surface area contributed by atoms with Crippen LogP contribution >= 0.6 is 0 Å². The fourth-order valence-electron chi connectivity index (χ4n) is 1.87. The van der Waals surface area contributed by atoms with Crippen molar-refractivity contribution in [2.45, 2.75) is 0 Å². The normalized spacial score (nSPS) is 10.3. The van der Waals surface area contributed by atoms with Crippen LogP contribution in [0.2, 0.25) is 0 Å². The third-order valence-corrected chi connectivity index (χ3v) is 3.08. The number of nitro benzene ring substituents is 1. The molecule has 0 unspecified atom stereocenters. The number of rotatable bonds is 8. The molecule has 0 saturated carbocycles. The molecule has 1 amide bonds. The molecular formula is C17H17N3O6. The van der Waals surface area contributed by atoms with Crippen LogP contribution in [0.25, 0.3) is 0 Å². The fourth-order valence-corrected chi connectivity index (χ4v) is 1.87. The summed E-state index contributed by atoms with van der Waals surface area (Å²) in [5.41, 5.74) is 2.93. The van der Waals surface area contributed by atoms with E-state index in [0.717, 1.165) is 5.56 Å². The molecule has 0 aliphatic carbocycles. The SMILES string of the molecule is COC(=O)N/N=C\c1cccc(OCCOc2ccc([N+](=O)[O-])cc2)c1. The zero-order valence-corrected chi connectivity index (χ0v) is 14.0. The van der Waals surface area contributed by atoms with Crippen LogP contribution in [0.3, 0.4) is 0 Å². The highest BCUT2D eigenvalue weighted by Crippen LogP contribution is 2.17. The molecule has 0 atom stereocenters. The van der Waals surface area contributed by atoms with Gasteiger partial charge in [0.1, 0.15) is 24.7 Å². The molecule has 2 aromatic carbocycles. The van der Waals surface area contributed by atoms with E-state index in [4.69, 9.17) is 9.47 Å². The Labute approximate surface area is 149 Å². The molecule has 136 valence electrons. The molecule has 1 N–H and O–H groups in total. The van der Waals surface area contributed by atoms with Crippen molar-refractivity contribution in [1.82, 2.24) is 5.43 Å². The number of benzene rings is 2. The second-order valence-electron chi connectivity index (χ2n) is 4.88. The smallest absolute Gasteiger partial charge is 0.427 e. The minimum atomic E-state index is -0.656. The number of carbonyl (C=O) groups is 1. The molecule has 0 aliphatic heterocycles. The third kappa shape index (κ3) is 6.11. The minimum Gasteiger partial charge on any atom is -0.490 e. The molecule has 2 aromatic rings. The summed E-state index contributed by atoms with van der Waals surface area (Å²) in [5, 5.41) is 14.3. The Kier molecular flexibility index (Phi) is 6.93. The standard InChI is InChI=1S/C17H17N3O6/c1-24-17(21)19-18-12-13-3-2-4-16(11-13)26-10-9-25-15-7-5-14(6-8-15)20(22)23/h2-8,11-12H,9-10H2,1H3,(H,19,21)/b18-12-. The maximum Gasteiger partial charge on any atom is 0.427 e. The van der Waals surface area contributed by atoms with Crippen molar-refractivity contribution in [2.24, 2.45) is 5.10 Å². The molecule has 9 heteroatoms. The van der Waals surface area contributed by atoms with E-state index in [9.17, 15) is 14.9 Å². The first kappa shape index (κ1) is 18.7. The molecule has 0 aliphatic rings. The fraction of sp³-hybridized carbons (Fsp3) is 0.176. The summed E-state index contributed by atoms with van der Waals surface area (Å²) in [5.74, 6) is 1.13. The van der Waals surface area contributed by atoms with Gasteiger partial charge in [0.25, 0.3) is 5.69 Å². The van der Waals surface area contributed by atoms with E-state index in [1.165, 1.54) is 37.6 Å². The number of amides is 1. The number of carbonyl (C=O) groups excluding carboxylic acids is 1. The van der Waals surface area contributed by atoms with Crippen molar-refractivity contribution in [2.75, 3.05) is 20.3 Å². The average molecular weight is 359 g/mol. The van der Waals surface area contributed by atoms with Gasteiger partial charge < -0.3 is 14.2 Å². The number of non-ortho nitro benzene ring substituents is 1. The number of hydrogen-bond donors (Lipinski definition) is 1. The van der Waals surface area contributed by atoms with Crippen molar-refractivity contribution in [3.8, 4) is 11.5 Å². The lowest BCUT2D eigenvalue weighted by Gasteiger charge is -2.08. The molecule has 0 radical (unpaired) electrons. The number of nitrogens with one attached hydrogen (secondary N) is 1. The summed E-state index contributed by atoms with van der Waals surface area (Å²) < 4.78 is 15.4. The molecule has 0 spiro atoms. The Hall–Kier alpha value is -3.62. The second-order valence-corrected chi connectivity index (χ2v) is 4.88. The lowest BCUT2D eigenvalue weighted by Crippen LogP contribution is -2.16. The highest BCUT2D eigenvalue weighted by atomic mass is 16.6. The molecule has 0 fully saturated rings. The number of hydrazone groups is 1. The highest BCUT2D eigenvalue weighted by molar-refractivity contribution is 5.81. The maximum absolute atomic E-state index is 10.9. The summed E-state index contributed by atoms with van der Waals surface area (Å²) in [4.78, 5) is 21.0. The van der Waals surface area contributed by atoms with Crippen LogP contribution in [-0.4, -0.2) is 37.6 Å². The quantitative estimate of drug-likeness (QED) is 0.336. The second kappa shape index (κ2) is 9.62. The zero-order valence-electron chi connectivity index (χ0n) is 14.0. The molecule has 9 nitrogen and oxygen atoms in total. The predicted molar refractivity (Wildman–Crippen MR) is 93.7 cm³/mol. The van der Waals surface area contributed by atoms with Gasteiger partial charge in [0, 0.05) is 12.1 Å². The Morgan fingerprint density at radius 1 is 1.15 bits per heavy atom. The Morgan fingerprint density at radius 2 is 1.85 bits per heavy atom. The summed E-state index contributed by atoms with van der Waals surface area (Å²) >= 11 is 0. The van der Waals surface area contributed by atoms with Gasteiger partial charge in [0.15, 0.2) is 0 Å². The van der Waals surface area contributed by atoms with Crippen molar-refractivity contribution in [3.63, 3.8) is 0 Å². The van der Waals surface area contributed by atoms with Crippen LogP contribution in [0, 0.1) is 10.1 Å². The summed E-state index contributed by atoms with van der Waals surface area (Å²) in [6, 6.07) is 12.9. The molecule has 0 heterocycles. The van der Waals surface area contributed by atoms with Gasteiger partial charge in [-0.2, -0.15) is 5.10 Å². The lowest BCUT2D eigenvalue weighted by molar-refractivity contribution is -0.384. The van der Waals surface area contributed by atoms with E-state index >= 15 is 0 Å². The lowest BCUT2D eigenvalue weighted by atomic mass is 10.2.